The number of benzene rings is 1. The van der Waals surface area contributed by atoms with Crippen molar-refractivity contribution in [1.82, 2.24) is 4.90 Å². The molecule has 0 aliphatic heterocycles. The minimum absolute atomic E-state index is 0.0720. The number of nitro groups is 1. The van der Waals surface area contributed by atoms with Crippen LogP contribution in [0.2, 0.25) is 0 Å². The van der Waals surface area contributed by atoms with Crippen molar-refractivity contribution in [1.29, 1.82) is 0 Å². The van der Waals surface area contributed by atoms with Crippen molar-refractivity contribution in [2.45, 2.75) is 13.3 Å². The third kappa shape index (κ3) is 4.52. The fraction of sp³-hybridized carbons (Fsp3) is 0.385. The standard InChI is InChI=1S/C13H15BrN2O5/c1-3-15(7-6-12(17)21-2)13(18)10-8-9(16(19)20)4-5-11(10)14/h4-5,8H,3,6-7H2,1-2H3. The van der Waals surface area contributed by atoms with E-state index < -0.39 is 10.9 Å². The fourth-order valence-electron chi connectivity index (χ4n) is 1.69. The lowest BCUT2D eigenvalue weighted by molar-refractivity contribution is -0.384. The molecule has 0 saturated heterocycles. The number of nitro benzene ring substituents is 1. The number of non-ortho nitro benzene ring substituents is 1. The van der Waals surface area contributed by atoms with Crippen molar-refractivity contribution in [3.63, 3.8) is 0 Å². The number of amides is 1. The Labute approximate surface area is 130 Å². The van der Waals surface area contributed by atoms with Crippen LogP contribution in [0.3, 0.4) is 0 Å². The quantitative estimate of drug-likeness (QED) is 0.442. The summed E-state index contributed by atoms with van der Waals surface area (Å²) in [5, 5.41) is 10.8. The molecule has 0 heterocycles. The zero-order valence-electron chi connectivity index (χ0n) is 11.7. The molecule has 1 aromatic rings. The van der Waals surface area contributed by atoms with E-state index in [4.69, 9.17) is 0 Å². The van der Waals surface area contributed by atoms with Crippen LogP contribution in [0.15, 0.2) is 22.7 Å². The van der Waals surface area contributed by atoms with Crippen molar-refractivity contribution in [2.24, 2.45) is 0 Å². The maximum atomic E-state index is 12.4. The van der Waals surface area contributed by atoms with Gasteiger partial charge in [0.05, 0.1) is 24.0 Å². The van der Waals surface area contributed by atoms with E-state index in [0.717, 1.165) is 0 Å². The van der Waals surface area contributed by atoms with Gasteiger partial charge in [-0.3, -0.25) is 19.7 Å². The summed E-state index contributed by atoms with van der Waals surface area (Å²) in [5.41, 5.74) is 0.0292. The van der Waals surface area contributed by atoms with Crippen molar-refractivity contribution < 1.29 is 19.2 Å². The summed E-state index contributed by atoms with van der Waals surface area (Å²) in [5.74, 6) is -0.795. The highest BCUT2D eigenvalue weighted by Crippen LogP contribution is 2.24. The van der Waals surface area contributed by atoms with Gasteiger partial charge in [-0.15, -0.1) is 0 Å². The molecule has 1 rings (SSSR count). The maximum Gasteiger partial charge on any atom is 0.307 e. The van der Waals surface area contributed by atoms with E-state index >= 15 is 0 Å². The van der Waals surface area contributed by atoms with Gasteiger partial charge < -0.3 is 9.64 Å². The monoisotopic (exact) mass is 358 g/mol. The van der Waals surface area contributed by atoms with E-state index in [1.807, 2.05) is 0 Å². The summed E-state index contributed by atoms with van der Waals surface area (Å²) in [6, 6.07) is 3.98. The minimum atomic E-state index is -0.562. The third-order valence-electron chi connectivity index (χ3n) is 2.87. The highest BCUT2D eigenvalue weighted by molar-refractivity contribution is 9.10. The number of nitrogens with zero attached hydrogens (tertiary/aromatic N) is 2. The number of rotatable bonds is 6. The Morgan fingerprint density at radius 3 is 2.62 bits per heavy atom. The Morgan fingerprint density at radius 2 is 2.10 bits per heavy atom. The van der Waals surface area contributed by atoms with Crippen LogP contribution in [0.4, 0.5) is 5.69 Å². The van der Waals surface area contributed by atoms with E-state index in [1.165, 1.54) is 30.2 Å². The second-order valence-corrected chi connectivity index (χ2v) is 4.99. The van der Waals surface area contributed by atoms with E-state index in [-0.39, 0.29) is 30.1 Å². The number of esters is 1. The molecule has 0 aromatic heterocycles. The lowest BCUT2D eigenvalue weighted by Crippen LogP contribution is -2.33. The van der Waals surface area contributed by atoms with Crippen molar-refractivity contribution in [2.75, 3.05) is 20.2 Å². The van der Waals surface area contributed by atoms with E-state index in [0.29, 0.717) is 11.0 Å². The minimum Gasteiger partial charge on any atom is -0.469 e. The van der Waals surface area contributed by atoms with E-state index in [9.17, 15) is 19.7 Å². The fourth-order valence-corrected chi connectivity index (χ4v) is 2.11. The van der Waals surface area contributed by atoms with Gasteiger partial charge in [0.15, 0.2) is 0 Å². The van der Waals surface area contributed by atoms with Gasteiger partial charge in [0.25, 0.3) is 11.6 Å². The summed E-state index contributed by atoms with van der Waals surface area (Å²) < 4.78 is 5.00. The highest BCUT2D eigenvalue weighted by Gasteiger charge is 2.20. The third-order valence-corrected chi connectivity index (χ3v) is 3.57. The van der Waals surface area contributed by atoms with Crippen LogP contribution in [0.1, 0.15) is 23.7 Å². The first-order valence-corrected chi connectivity index (χ1v) is 7.00. The lowest BCUT2D eigenvalue weighted by Gasteiger charge is -2.20. The summed E-state index contributed by atoms with van der Waals surface area (Å²) >= 11 is 3.21. The maximum absolute atomic E-state index is 12.4. The van der Waals surface area contributed by atoms with Gasteiger partial charge in [0.1, 0.15) is 0 Å². The second-order valence-electron chi connectivity index (χ2n) is 4.13. The van der Waals surface area contributed by atoms with E-state index in [2.05, 4.69) is 20.7 Å². The molecule has 0 radical (unpaired) electrons. The predicted octanol–water partition coefficient (Wildman–Crippen LogP) is 2.38. The molecule has 0 bridgehead atoms. The van der Waals surface area contributed by atoms with Crippen LogP contribution >= 0.6 is 15.9 Å². The van der Waals surface area contributed by atoms with Crippen LogP contribution in [0.5, 0.6) is 0 Å². The molecule has 0 N–H and O–H groups in total. The summed E-state index contributed by atoms with van der Waals surface area (Å²) in [4.78, 5) is 35.2. The van der Waals surface area contributed by atoms with Crippen LogP contribution in [-0.2, 0) is 9.53 Å². The molecule has 114 valence electrons. The molecule has 21 heavy (non-hydrogen) atoms. The average molecular weight is 359 g/mol. The number of halogens is 1. The Bertz CT molecular complexity index is 561. The topological polar surface area (TPSA) is 89.8 Å². The SMILES string of the molecule is CCN(CCC(=O)OC)C(=O)c1cc([N+](=O)[O-])ccc1Br. The molecule has 0 aliphatic rings. The molecule has 0 spiro atoms. The average Bonchev–Trinajstić information content (AvgIpc) is 2.47. The van der Waals surface area contributed by atoms with Gasteiger partial charge in [-0.25, -0.2) is 0 Å². The second kappa shape index (κ2) is 7.72. The molecule has 1 amide bonds. The molecule has 0 fully saturated rings. The first-order chi connectivity index (χ1) is 9.90. The number of methoxy groups -OCH3 is 1. The first-order valence-electron chi connectivity index (χ1n) is 6.20. The zero-order chi connectivity index (χ0) is 16.0. The summed E-state index contributed by atoms with van der Waals surface area (Å²) in [6.45, 7) is 2.34. The molecular formula is C13H15BrN2O5. The number of ether oxygens (including phenoxy) is 1. The molecule has 0 aliphatic carbocycles. The molecule has 8 heteroatoms. The largest absolute Gasteiger partial charge is 0.469 e. The number of hydrogen-bond acceptors (Lipinski definition) is 5. The van der Waals surface area contributed by atoms with Gasteiger partial charge >= 0.3 is 5.97 Å². The van der Waals surface area contributed by atoms with Crippen molar-refractivity contribution in [3.05, 3.63) is 38.3 Å². The van der Waals surface area contributed by atoms with E-state index in [1.54, 1.807) is 6.92 Å². The van der Waals surface area contributed by atoms with Gasteiger partial charge in [0.2, 0.25) is 0 Å². The molecule has 7 nitrogen and oxygen atoms in total. The zero-order valence-corrected chi connectivity index (χ0v) is 13.3. The van der Waals surface area contributed by atoms with Gasteiger partial charge in [-0.1, -0.05) is 0 Å². The van der Waals surface area contributed by atoms with Crippen LogP contribution in [0.25, 0.3) is 0 Å². The molecule has 0 saturated carbocycles. The lowest BCUT2D eigenvalue weighted by atomic mass is 10.1. The van der Waals surface area contributed by atoms with Crippen LogP contribution in [-0.4, -0.2) is 41.9 Å². The van der Waals surface area contributed by atoms with Gasteiger partial charge in [-0.05, 0) is 28.9 Å². The number of carbonyl (C=O) groups excluding carboxylic acids is 2. The first kappa shape index (κ1) is 17.1. The normalized spacial score (nSPS) is 10.0. The molecule has 0 atom stereocenters. The Balaban J connectivity index is 2.96. The van der Waals surface area contributed by atoms with Crippen molar-refractivity contribution >= 4 is 33.5 Å². The molecule has 0 unspecified atom stereocenters. The summed E-state index contributed by atoms with van der Waals surface area (Å²) in [6.07, 6.45) is 0.0720. The van der Waals surface area contributed by atoms with Crippen LogP contribution < -0.4 is 0 Å². The Morgan fingerprint density at radius 1 is 1.43 bits per heavy atom. The highest BCUT2D eigenvalue weighted by atomic mass is 79.9. The Kier molecular flexibility index (Phi) is 6.29. The Hall–Kier alpha value is -1.96. The van der Waals surface area contributed by atoms with Gasteiger partial charge in [0, 0.05) is 29.7 Å². The molecule has 1 aromatic carbocycles. The molecular weight excluding hydrogens is 344 g/mol. The van der Waals surface area contributed by atoms with Gasteiger partial charge in [-0.2, -0.15) is 0 Å². The van der Waals surface area contributed by atoms with Crippen molar-refractivity contribution in [3.8, 4) is 0 Å². The predicted molar refractivity (Wildman–Crippen MR) is 79.0 cm³/mol. The summed E-state index contributed by atoms with van der Waals surface area (Å²) in [7, 11) is 1.28. The van der Waals surface area contributed by atoms with Crippen LogP contribution in [0, 0.1) is 10.1 Å². The number of hydrogen-bond donors (Lipinski definition) is 0. The number of carbonyl (C=O) groups is 2. The smallest absolute Gasteiger partial charge is 0.307 e.